The van der Waals surface area contributed by atoms with Crippen molar-refractivity contribution < 1.29 is 33.7 Å². The molecule has 208 valence electrons. The van der Waals surface area contributed by atoms with E-state index in [1.807, 2.05) is 13.8 Å². The van der Waals surface area contributed by atoms with Crippen LogP contribution in [0.1, 0.15) is 65.3 Å². The Morgan fingerprint density at radius 3 is 2.75 bits per heavy atom. The average Bonchev–Trinajstić information content (AvgIpc) is 3.59. The predicted octanol–water partition coefficient (Wildman–Crippen LogP) is 5.37. The van der Waals surface area contributed by atoms with E-state index in [1.165, 1.54) is 4.90 Å². The highest BCUT2D eigenvalue weighted by molar-refractivity contribution is 7.17. The number of ether oxygens (including phenoxy) is 3. The summed E-state index contributed by atoms with van der Waals surface area (Å²) in [6.45, 7) is 7.98. The summed E-state index contributed by atoms with van der Waals surface area (Å²) < 4.78 is 16.7. The molecule has 10 heteroatoms. The largest absolute Gasteiger partial charge is 0.507 e. The highest BCUT2D eigenvalue weighted by atomic mass is 32.1. The number of nitrogens with zero attached hydrogens (tertiary/aromatic N) is 2. The number of ketones is 1. The average molecular weight is 563 g/mol. The van der Waals surface area contributed by atoms with Crippen LogP contribution in [0.3, 0.4) is 0 Å². The highest BCUT2D eigenvalue weighted by Gasteiger charge is 2.48. The van der Waals surface area contributed by atoms with Crippen molar-refractivity contribution in [3.8, 4) is 11.5 Å². The molecule has 3 aromatic rings. The van der Waals surface area contributed by atoms with E-state index in [2.05, 4.69) is 4.98 Å². The number of thiazole rings is 1. The van der Waals surface area contributed by atoms with Crippen molar-refractivity contribution >= 4 is 39.9 Å². The van der Waals surface area contributed by atoms with Gasteiger partial charge >= 0.3 is 11.9 Å². The number of carbonyl (C=O) groups is 3. The van der Waals surface area contributed by atoms with Crippen LogP contribution in [-0.2, 0) is 20.7 Å². The molecule has 1 saturated heterocycles. The third-order valence-corrected chi connectivity index (χ3v) is 7.85. The lowest BCUT2D eigenvalue weighted by Crippen LogP contribution is -2.29. The van der Waals surface area contributed by atoms with E-state index < -0.39 is 23.7 Å². The zero-order valence-corrected chi connectivity index (χ0v) is 23.5. The third kappa shape index (κ3) is 4.95. The fourth-order valence-corrected chi connectivity index (χ4v) is 5.92. The number of aliphatic hydroxyl groups excluding tert-OH is 1. The molecule has 1 amide bonds. The smallest absolute Gasteiger partial charge is 0.350 e. The maximum atomic E-state index is 13.6. The van der Waals surface area contributed by atoms with Crippen molar-refractivity contribution in [1.29, 1.82) is 0 Å². The van der Waals surface area contributed by atoms with Gasteiger partial charge in [-0.05, 0) is 68.7 Å². The fraction of sp³-hybridized carbons (Fsp3) is 0.333. The maximum absolute atomic E-state index is 13.6. The minimum Gasteiger partial charge on any atom is -0.507 e. The van der Waals surface area contributed by atoms with Crippen LogP contribution in [0.15, 0.2) is 48.0 Å². The zero-order chi connectivity index (χ0) is 28.6. The van der Waals surface area contributed by atoms with Crippen LogP contribution in [0.2, 0.25) is 0 Å². The quantitative estimate of drug-likeness (QED) is 0.169. The van der Waals surface area contributed by atoms with Crippen LogP contribution in [0.25, 0.3) is 5.76 Å². The van der Waals surface area contributed by atoms with Crippen molar-refractivity contribution in [1.82, 2.24) is 4.98 Å². The van der Waals surface area contributed by atoms with E-state index >= 15 is 0 Å². The van der Waals surface area contributed by atoms with Gasteiger partial charge < -0.3 is 19.3 Å². The molecular weight excluding hydrogens is 532 g/mol. The van der Waals surface area contributed by atoms with Gasteiger partial charge in [0.05, 0.1) is 30.5 Å². The van der Waals surface area contributed by atoms with E-state index in [-0.39, 0.29) is 34.1 Å². The van der Waals surface area contributed by atoms with Gasteiger partial charge in [0, 0.05) is 12.0 Å². The molecule has 2 aliphatic heterocycles. The first-order chi connectivity index (χ1) is 19.2. The van der Waals surface area contributed by atoms with E-state index in [4.69, 9.17) is 14.2 Å². The first kappa shape index (κ1) is 27.4. The number of hydrogen-bond donors (Lipinski definition) is 1. The number of rotatable bonds is 8. The normalized spacial score (nSPS) is 19.4. The van der Waals surface area contributed by atoms with Crippen LogP contribution in [0, 0.1) is 6.92 Å². The molecule has 1 N–H and O–H groups in total. The van der Waals surface area contributed by atoms with Gasteiger partial charge in [-0.3, -0.25) is 14.5 Å². The summed E-state index contributed by atoms with van der Waals surface area (Å²) in [5.74, 6) is -1.26. The number of esters is 1. The number of aromatic nitrogens is 1. The van der Waals surface area contributed by atoms with E-state index in [1.54, 1.807) is 56.3 Å². The summed E-state index contributed by atoms with van der Waals surface area (Å²) in [4.78, 5) is 45.6. The molecule has 2 aliphatic rings. The van der Waals surface area contributed by atoms with Gasteiger partial charge in [-0.1, -0.05) is 30.4 Å². The van der Waals surface area contributed by atoms with Crippen LogP contribution in [0.4, 0.5) is 5.13 Å². The Balaban J connectivity index is 1.66. The number of hydrogen-bond acceptors (Lipinski definition) is 9. The topological polar surface area (TPSA) is 115 Å². The molecule has 5 rings (SSSR count). The molecule has 2 atom stereocenters. The van der Waals surface area contributed by atoms with Crippen molar-refractivity contribution in [2.75, 3.05) is 18.1 Å². The second-order valence-corrected chi connectivity index (χ2v) is 10.7. The van der Waals surface area contributed by atoms with E-state index in [9.17, 15) is 19.5 Å². The van der Waals surface area contributed by atoms with Gasteiger partial charge in [0.15, 0.2) is 5.13 Å². The minimum absolute atomic E-state index is 0.00516. The number of benzene rings is 2. The Morgan fingerprint density at radius 2 is 2.00 bits per heavy atom. The standard InChI is InChI=1S/C30H30N2O7S/c1-5-12-38-21-9-7-8-18(15-21)24-23(25(33)19-10-11-22-20(14-19)13-16(3)39-22)26(34)28(35)32(24)30-31-17(4)27(40-30)29(36)37-6-2/h7-11,14-16,24,33H,5-6,12-13H2,1-4H3. The van der Waals surface area contributed by atoms with Crippen molar-refractivity contribution in [2.24, 2.45) is 0 Å². The van der Waals surface area contributed by atoms with Crippen molar-refractivity contribution in [2.45, 2.75) is 52.7 Å². The summed E-state index contributed by atoms with van der Waals surface area (Å²) in [7, 11) is 0. The molecule has 40 heavy (non-hydrogen) atoms. The van der Waals surface area contributed by atoms with Crippen LogP contribution in [0.5, 0.6) is 11.5 Å². The molecule has 2 unspecified atom stereocenters. The van der Waals surface area contributed by atoms with Gasteiger partial charge in [-0.15, -0.1) is 0 Å². The Bertz CT molecular complexity index is 1530. The highest BCUT2D eigenvalue weighted by Crippen LogP contribution is 2.45. The van der Waals surface area contributed by atoms with Gasteiger partial charge in [0.25, 0.3) is 5.78 Å². The number of carbonyl (C=O) groups excluding carboxylic acids is 3. The molecule has 2 aromatic carbocycles. The molecule has 0 aliphatic carbocycles. The Hall–Kier alpha value is -4.18. The summed E-state index contributed by atoms with van der Waals surface area (Å²) in [5.41, 5.74) is 2.17. The third-order valence-electron chi connectivity index (χ3n) is 6.71. The molecule has 0 spiro atoms. The van der Waals surface area contributed by atoms with Gasteiger partial charge in [-0.2, -0.15) is 0 Å². The number of Topliss-reactive ketones (excluding diaryl/α,β-unsaturated/α-hetero) is 1. The van der Waals surface area contributed by atoms with Gasteiger partial charge in [-0.25, -0.2) is 9.78 Å². The van der Waals surface area contributed by atoms with Crippen LogP contribution in [-0.4, -0.2) is 47.1 Å². The first-order valence-electron chi connectivity index (χ1n) is 13.2. The van der Waals surface area contributed by atoms with Gasteiger partial charge in [0.1, 0.15) is 28.2 Å². The van der Waals surface area contributed by atoms with Gasteiger partial charge in [0.2, 0.25) is 0 Å². The zero-order valence-electron chi connectivity index (χ0n) is 22.7. The SMILES string of the molecule is CCCOc1cccc(C2C(=C(O)c3ccc4c(c3)CC(C)O4)C(=O)C(=O)N2c2nc(C)c(C(=O)OCC)s2)c1. The second-order valence-electron chi connectivity index (χ2n) is 9.68. The van der Waals surface area contributed by atoms with E-state index in [0.29, 0.717) is 35.6 Å². The van der Waals surface area contributed by atoms with Crippen LogP contribution < -0.4 is 14.4 Å². The Labute approximate surface area is 236 Å². The lowest BCUT2D eigenvalue weighted by molar-refractivity contribution is -0.132. The molecular formula is C30H30N2O7S. The summed E-state index contributed by atoms with van der Waals surface area (Å²) in [6.07, 6.45) is 1.48. The van der Waals surface area contributed by atoms with Crippen LogP contribution >= 0.6 is 11.3 Å². The predicted molar refractivity (Wildman–Crippen MR) is 150 cm³/mol. The molecule has 1 fully saturated rings. The summed E-state index contributed by atoms with van der Waals surface area (Å²) in [6, 6.07) is 11.3. The molecule has 9 nitrogen and oxygen atoms in total. The molecule has 1 aromatic heterocycles. The number of aryl methyl sites for hydroxylation is 1. The lowest BCUT2D eigenvalue weighted by atomic mass is 9.94. The monoisotopic (exact) mass is 562 g/mol. The number of anilines is 1. The molecule has 3 heterocycles. The summed E-state index contributed by atoms with van der Waals surface area (Å²) in [5, 5.41) is 11.7. The lowest BCUT2D eigenvalue weighted by Gasteiger charge is -2.23. The first-order valence-corrected chi connectivity index (χ1v) is 14.0. The Kier molecular flexibility index (Phi) is 7.62. The Morgan fingerprint density at radius 1 is 1.20 bits per heavy atom. The second kappa shape index (κ2) is 11.1. The summed E-state index contributed by atoms with van der Waals surface area (Å²) >= 11 is 0.968. The number of fused-ring (bicyclic) bond motifs is 1. The fourth-order valence-electron chi connectivity index (χ4n) is 4.94. The van der Waals surface area contributed by atoms with Crippen molar-refractivity contribution in [3.63, 3.8) is 0 Å². The molecule has 0 bridgehead atoms. The number of aliphatic hydroxyl groups is 1. The van der Waals surface area contributed by atoms with E-state index in [0.717, 1.165) is 29.1 Å². The minimum atomic E-state index is -1.01. The maximum Gasteiger partial charge on any atom is 0.350 e. The molecule has 0 saturated carbocycles. The number of amides is 1. The van der Waals surface area contributed by atoms with Crippen molar-refractivity contribution in [3.05, 3.63) is 75.3 Å². The molecule has 0 radical (unpaired) electrons.